The van der Waals surface area contributed by atoms with E-state index in [1.165, 1.54) is 29.8 Å². The second-order valence-electron chi connectivity index (χ2n) is 5.83. The summed E-state index contributed by atoms with van der Waals surface area (Å²) >= 11 is 0. The predicted molar refractivity (Wildman–Crippen MR) is 100 cm³/mol. The Hall–Kier alpha value is -3.60. The monoisotopic (exact) mass is 362 g/mol. The lowest BCUT2D eigenvalue weighted by Crippen LogP contribution is -2.09. The third kappa shape index (κ3) is 5.19. The van der Waals surface area contributed by atoms with Crippen molar-refractivity contribution >= 4 is 11.9 Å². The van der Waals surface area contributed by atoms with Crippen LogP contribution < -0.4 is 9.47 Å². The second kappa shape index (κ2) is 8.67. The smallest absolute Gasteiger partial charge is 0.343 e. The Labute approximate surface area is 156 Å². The van der Waals surface area contributed by atoms with Crippen molar-refractivity contribution in [2.45, 2.75) is 6.42 Å². The molecule has 0 radical (unpaired) electrons. The number of hydrogen-bond acceptors (Lipinski definition) is 4. The van der Waals surface area contributed by atoms with Gasteiger partial charge in [-0.05, 0) is 48.0 Å². The molecule has 5 nitrogen and oxygen atoms in total. The van der Waals surface area contributed by atoms with E-state index >= 15 is 0 Å². The van der Waals surface area contributed by atoms with Crippen LogP contribution in [0.3, 0.4) is 0 Å². The zero-order valence-corrected chi connectivity index (χ0v) is 14.5. The van der Waals surface area contributed by atoms with Crippen LogP contribution in [0.15, 0.2) is 78.9 Å². The summed E-state index contributed by atoms with van der Waals surface area (Å²) in [5.74, 6) is -0.795. The van der Waals surface area contributed by atoms with Crippen molar-refractivity contribution in [2.75, 3.05) is 6.61 Å². The van der Waals surface area contributed by atoms with Gasteiger partial charge >= 0.3 is 11.9 Å². The highest BCUT2D eigenvalue weighted by molar-refractivity contribution is 5.92. The summed E-state index contributed by atoms with van der Waals surface area (Å²) in [4.78, 5) is 23.2. The van der Waals surface area contributed by atoms with Gasteiger partial charge in [0.25, 0.3) is 0 Å². The summed E-state index contributed by atoms with van der Waals surface area (Å²) in [7, 11) is 0. The maximum Gasteiger partial charge on any atom is 0.343 e. The average Bonchev–Trinajstić information content (AvgIpc) is 2.69. The van der Waals surface area contributed by atoms with E-state index < -0.39 is 11.9 Å². The zero-order chi connectivity index (χ0) is 19.1. The Morgan fingerprint density at radius 2 is 1.52 bits per heavy atom. The fraction of sp³-hybridized carbons (Fsp3) is 0.0909. The van der Waals surface area contributed by atoms with Crippen LogP contribution in [-0.2, 0) is 6.42 Å². The van der Waals surface area contributed by atoms with Crippen molar-refractivity contribution in [3.63, 3.8) is 0 Å². The maximum absolute atomic E-state index is 12.2. The Morgan fingerprint density at radius 1 is 0.778 bits per heavy atom. The van der Waals surface area contributed by atoms with Crippen molar-refractivity contribution in [1.82, 2.24) is 0 Å². The Morgan fingerprint density at radius 3 is 2.22 bits per heavy atom. The van der Waals surface area contributed by atoms with E-state index in [0.29, 0.717) is 17.9 Å². The Balaban J connectivity index is 1.55. The van der Waals surface area contributed by atoms with Gasteiger partial charge in [-0.2, -0.15) is 0 Å². The first-order valence-corrected chi connectivity index (χ1v) is 8.44. The van der Waals surface area contributed by atoms with Crippen LogP contribution in [0.1, 0.15) is 26.3 Å². The molecule has 0 atom stereocenters. The van der Waals surface area contributed by atoms with Crippen LogP contribution >= 0.6 is 0 Å². The van der Waals surface area contributed by atoms with Gasteiger partial charge in [0.05, 0.1) is 17.7 Å². The van der Waals surface area contributed by atoms with E-state index in [4.69, 9.17) is 14.6 Å². The fourth-order valence-corrected chi connectivity index (χ4v) is 2.48. The number of rotatable bonds is 7. The van der Waals surface area contributed by atoms with E-state index in [0.717, 1.165) is 6.42 Å². The van der Waals surface area contributed by atoms with Crippen molar-refractivity contribution in [2.24, 2.45) is 0 Å². The normalized spacial score (nSPS) is 10.2. The lowest BCUT2D eigenvalue weighted by molar-refractivity contribution is 0.0687. The van der Waals surface area contributed by atoms with Crippen molar-refractivity contribution in [1.29, 1.82) is 0 Å². The topological polar surface area (TPSA) is 72.8 Å². The molecule has 27 heavy (non-hydrogen) atoms. The average molecular weight is 362 g/mol. The number of carboxylic acid groups (broad SMARTS) is 1. The molecule has 0 heterocycles. The highest BCUT2D eigenvalue weighted by atomic mass is 16.5. The largest absolute Gasteiger partial charge is 0.493 e. The highest BCUT2D eigenvalue weighted by Gasteiger charge is 2.11. The summed E-state index contributed by atoms with van der Waals surface area (Å²) in [5, 5.41) is 8.98. The highest BCUT2D eigenvalue weighted by Crippen LogP contribution is 2.17. The number of hydrogen-bond donors (Lipinski definition) is 1. The molecule has 0 aromatic heterocycles. The van der Waals surface area contributed by atoms with Crippen LogP contribution in [0.2, 0.25) is 0 Å². The van der Waals surface area contributed by atoms with Crippen molar-refractivity contribution < 1.29 is 24.2 Å². The van der Waals surface area contributed by atoms with Gasteiger partial charge in [0.15, 0.2) is 0 Å². The first kappa shape index (κ1) is 18.2. The molecule has 0 aliphatic carbocycles. The van der Waals surface area contributed by atoms with E-state index in [1.807, 2.05) is 30.3 Å². The minimum atomic E-state index is -1.08. The molecule has 5 heteroatoms. The van der Waals surface area contributed by atoms with Crippen molar-refractivity contribution in [3.05, 3.63) is 95.6 Å². The fourth-order valence-electron chi connectivity index (χ4n) is 2.48. The Bertz CT molecular complexity index is 917. The molecule has 3 aromatic rings. The SMILES string of the molecule is O=C(O)c1cccc(OC(=O)c2ccc(OCCc3ccccc3)cc2)c1. The summed E-state index contributed by atoms with van der Waals surface area (Å²) in [6.07, 6.45) is 0.796. The molecule has 3 aromatic carbocycles. The van der Waals surface area contributed by atoms with E-state index in [9.17, 15) is 9.59 Å². The first-order valence-electron chi connectivity index (χ1n) is 8.44. The minimum Gasteiger partial charge on any atom is -0.493 e. The van der Waals surface area contributed by atoms with Gasteiger partial charge in [0, 0.05) is 6.42 Å². The molecule has 0 bridgehead atoms. The molecule has 0 aliphatic heterocycles. The van der Waals surface area contributed by atoms with Gasteiger partial charge in [-0.3, -0.25) is 0 Å². The summed E-state index contributed by atoms with van der Waals surface area (Å²) < 4.78 is 10.9. The number of carbonyl (C=O) groups is 2. The van der Waals surface area contributed by atoms with Gasteiger partial charge < -0.3 is 14.6 Å². The van der Waals surface area contributed by atoms with Gasteiger partial charge in [-0.25, -0.2) is 9.59 Å². The molecule has 0 amide bonds. The number of benzene rings is 3. The number of aromatic carboxylic acids is 1. The molecule has 0 saturated carbocycles. The van der Waals surface area contributed by atoms with Crippen LogP contribution in [0.25, 0.3) is 0 Å². The number of esters is 1. The lowest BCUT2D eigenvalue weighted by Gasteiger charge is -2.08. The molecule has 0 spiro atoms. The molecule has 136 valence electrons. The standard InChI is InChI=1S/C22H18O5/c23-21(24)18-7-4-8-20(15-18)27-22(25)17-9-11-19(12-10-17)26-14-13-16-5-2-1-3-6-16/h1-12,15H,13-14H2,(H,23,24). The molecule has 0 unspecified atom stereocenters. The number of carbonyl (C=O) groups excluding carboxylic acids is 1. The Kier molecular flexibility index (Phi) is 5.84. The van der Waals surface area contributed by atoms with Gasteiger partial charge in [0.2, 0.25) is 0 Å². The van der Waals surface area contributed by atoms with Crippen molar-refractivity contribution in [3.8, 4) is 11.5 Å². The first-order chi connectivity index (χ1) is 13.1. The third-order valence-corrected chi connectivity index (χ3v) is 3.88. The van der Waals surface area contributed by atoms with E-state index in [2.05, 4.69) is 0 Å². The molecule has 0 aliphatic rings. The van der Waals surface area contributed by atoms with E-state index in [1.54, 1.807) is 24.3 Å². The lowest BCUT2D eigenvalue weighted by atomic mass is 10.2. The molecule has 0 saturated heterocycles. The predicted octanol–water partition coefficient (Wildman–Crippen LogP) is 4.23. The minimum absolute atomic E-state index is 0.0578. The van der Waals surface area contributed by atoms with Crippen LogP contribution in [0.5, 0.6) is 11.5 Å². The van der Waals surface area contributed by atoms with Crippen LogP contribution in [-0.4, -0.2) is 23.7 Å². The third-order valence-electron chi connectivity index (χ3n) is 3.88. The van der Waals surface area contributed by atoms with Crippen LogP contribution in [0, 0.1) is 0 Å². The second-order valence-corrected chi connectivity index (χ2v) is 5.83. The molecule has 0 fully saturated rings. The number of carboxylic acids is 1. The summed E-state index contributed by atoms with van der Waals surface area (Å²) in [5.41, 5.74) is 1.61. The molecule has 3 rings (SSSR count). The van der Waals surface area contributed by atoms with Gasteiger partial charge in [-0.1, -0.05) is 36.4 Å². The van der Waals surface area contributed by atoms with Gasteiger partial charge in [-0.15, -0.1) is 0 Å². The zero-order valence-electron chi connectivity index (χ0n) is 14.5. The summed E-state index contributed by atoms with van der Waals surface area (Å²) in [6.45, 7) is 0.537. The van der Waals surface area contributed by atoms with Crippen LogP contribution in [0.4, 0.5) is 0 Å². The number of ether oxygens (including phenoxy) is 2. The van der Waals surface area contributed by atoms with Gasteiger partial charge in [0.1, 0.15) is 11.5 Å². The van der Waals surface area contributed by atoms with E-state index in [-0.39, 0.29) is 11.3 Å². The molecular formula is C22H18O5. The summed E-state index contributed by atoms with van der Waals surface area (Å²) in [6, 6.07) is 22.5. The maximum atomic E-state index is 12.2. The quantitative estimate of drug-likeness (QED) is 0.503. The molecular weight excluding hydrogens is 344 g/mol. The molecule has 1 N–H and O–H groups in total.